The SMILES string of the molecule is [C-]#[N+]c1ccc(N2C(=O)C(C)(C)N(c3ccc(Cl)c(CC(=O)CCC(N)=O)c3)C2=S)cc1Cl. The molecule has 1 aliphatic rings. The van der Waals surface area contributed by atoms with Gasteiger partial charge in [-0.05, 0) is 62.0 Å². The van der Waals surface area contributed by atoms with Crippen molar-refractivity contribution >= 4 is 75.2 Å². The molecule has 3 rings (SSSR count). The second-order valence-corrected chi connectivity index (χ2v) is 9.20. The summed E-state index contributed by atoms with van der Waals surface area (Å²) in [5.74, 6) is -0.994. The zero-order chi connectivity index (χ0) is 24.5. The second kappa shape index (κ2) is 9.48. The Morgan fingerprint density at radius 3 is 2.36 bits per heavy atom. The van der Waals surface area contributed by atoms with E-state index in [9.17, 15) is 14.4 Å². The maximum absolute atomic E-state index is 13.3. The number of nitrogens with two attached hydrogens (primary N) is 1. The zero-order valence-electron chi connectivity index (χ0n) is 17.9. The number of hydrogen-bond acceptors (Lipinski definition) is 4. The summed E-state index contributed by atoms with van der Waals surface area (Å²) in [6.07, 6.45) is 0.0150. The number of nitrogens with zero attached hydrogens (tertiary/aromatic N) is 3. The van der Waals surface area contributed by atoms with Crippen LogP contribution in [-0.4, -0.2) is 28.2 Å². The summed E-state index contributed by atoms with van der Waals surface area (Å²) in [6.45, 7) is 10.6. The summed E-state index contributed by atoms with van der Waals surface area (Å²) in [5.41, 5.74) is 5.95. The highest BCUT2D eigenvalue weighted by atomic mass is 35.5. The normalized spacial score (nSPS) is 15.0. The van der Waals surface area contributed by atoms with Crippen LogP contribution in [0, 0.1) is 6.57 Å². The van der Waals surface area contributed by atoms with Gasteiger partial charge in [-0.2, -0.15) is 0 Å². The third-order valence-corrected chi connectivity index (χ3v) is 6.34. The van der Waals surface area contributed by atoms with E-state index in [1.54, 1.807) is 43.0 Å². The van der Waals surface area contributed by atoms with Gasteiger partial charge in [-0.1, -0.05) is 29.3 Å². The van der Waals surface area contributed by atoms with Gasteiger partial charge in [0.1, 0.15) is 11.3 Å². The number of carbonyl (C=O) groups is 3. The molecule has 33 heavy (non-hydrogen) atoms. The third kappa shape index (κ3) is 4.86. The summed E-state index contributed by atoms with van der Waals surface area (Å²) in [4.78, 5) is 43.0. The lowest BCUT2D eigenvalue weighted by Crippen LogP contribution is -2.44. The first-order valence-electron chi connectivity index (χ1n) is 9.91. The fraction of sp³-hybridized carbons (Fsp3) is 0.261. The molecule has 0 aromatic heterocycles. The average Bonchev–Trinajstić information content (AvgIpc) is 2.92. The largest absolute Gasteiger partial charge is 0.370 e. The molecule has 170 valence electrons. The minimum absolute atomic E-state index is 0.0202. The number of ketones is 1. The van der Waals surface area contributed by atoms with Crippen molar-refractivity contribution in [1.82, 2.24) is 0 Å². The van der Waals surface area contributed by atoms with Gasteiger partial charge in [0.05, 0.1) is 12.3 Å². The lowest BCUT2D eigenvalue weighted by atomic mass is 10.0. The van der Waals surface area contributed by atoms with Gasteiger partial charge < -0.3 is 10.6 Å². The van der Waals surface area contributed by atoms with Crippen LogP contribution in [-0.2, 0) is 20.8 Å². The number of benzene rings is 2. The number of Topliss-reactive ketones (excluding diaryl/α,β-unsaturated/α-hetero) is 1. The topological polar surface area (TPSA) is 88.1 Å². The standard InChI is InChI=1S/C23H20Cl2N4O3S/c1-23(2)21(32)28(14-5-8-19(27-3)18(25)12-14)22(33)29(23)15-4-7-17(24)13(10-15)11-16(30)6-9-20(26)31/h4-5,7-8,10,12H,6,9,11H2,1-2H3,(H2,26,31). The molecule has 2 N–H and O–H groups in total. The van der Waals surface area contributed by atoms with Gasteiger partial charge in [-0.3, -0.25) is 19.3 Å². The molecule has 1 heterocycles. The van der Waals surface area contributed by atoms with Crippen LogP contribution in [0.5, 0.6) is 0 Å². The fourth-order valence-electron chi connectivity index (χ4n) is 3.58. The van der Waals surface area contributed by atoms with Gasteiger partial charge in [0.25, 0.3) is 5.91 Å². The van der Waals surface area contributed by atoms with Crippen molar-refractivity contribution in [3.8, 4) is 0 Å². The number of primary amides is 1. The van der Waals surface area contributed by atoms with Crippen molar-refractivity contribution in [3.05, 3.63) is 63.4 Å². The van der Waals surface area contributed by atoms with Crippen molar-refractivity contribution < 1.29 is 14.4 Å². The molecule has 1 aliphatic heterocycles. The maximum atomic E-state index is 13.3. The van der Waals surface area contributed by atoms with Gasteiger partial charge in [0, 0.05) is 35.0 Å². The van der Waals surface area contributed by atoms with Crippen LogP contribution in [0.3, 0.4) is 0 Å². The molecule has 0 radical (unpaired) electrons. The van der Waals surface area contributed by atoms with Crippen LogP contribution in [0.1, 0.15) is 32.3 Å². The molecule has 7 nitrogen and oxygen atoms in total. The highest BCUT2D eigenvalue weighted by Crippen LogP contribution is 2.39. The van der Waals surface area contributed by atoms with Gasteiger partial charge in [-0.25, -0.2) is 4.85 Å². The maximum Gasteiger partial charge on any atom is 0.259 e. The Balaban J connectivity index is 1.96. The van der Waals surface area contributed by atoms with E-state index in [0.29, 0.717) is 22.0 Å². The lowest BCUT2D eigenvalue weighted by molar-refractivity contribution is -0.123. The van der Waals surface area contributed by atoms with E-state index in [2.05, 4.69) is 4.85 Å². The summed E-state index contributed by atoms with van der Waals surface area (Å²) >= 11 is 18.1. The Hall–Kier alpha value is -2.99. The molecule has 2 amide bonds. The first-order chi connectivity index (χ1) is 15.5. The molecule has 10 heteroatoms. The Morgan fingerprint density at radius 2 is 1.76 bits per heavy atom. The number of thiocarbonyl (C=S) groups is 1. The monoisotopic (exact) mass is 502 g/mol. The van der Waals surface area contributed by atoms with Gasteiger partial charge in [-0.15, -0.1) is 0 Å². The first kappa shape index (κ1) is 24.6. The van der Waals surface area contributed by atoms with Crippen LogP contribution in [0.25, 0.3) is 4.85 Å². The molecule has 0 spiro atoms. The van der Waals surface area contributed by atoms with E-state index in [1.807, 2.05) is 0 Å². The summed E-state index contributed by atoms with van der Waals surface area (Å²) < 4.78 is 0. The molecule has 2 aromatic carbocycles. The molecule has 0 unspecified atom stereocenters. The number of halogens is 2. The number of anilines is 2. The highest BCUT2D eigenvalue weighted by molar-refractivity contribution is 7.81. The van der Waals surface area contributed by atoms with Crippen LogP contribution in [0.15, 0.2) is 36.4 Å². The van der Waals surface area contributed by atoms with Gasteiger partial charge >= 0.3 is 0 Å². The Bertz CT molecular complexity index is 1220. The molecule has 0 atom stereocenters. The lowest BCUT2D eigenvalue weighted by Gasteiger charge is -2.30. The minimum Gasteiger partial charge on any atom is -0.370 e. The third-order valence-electron chi connectivity index (χ3n) is 5.30. The van der Waals surface area contributed by atoms with Crippen LogP contribution >= 0.6 is 35.4 Å². The molecule has 1 fully saturated rings. The summed E-state index contributed by atoms with van der Waals surface area (Å²) in [7, 11) is 0. The predicted molar refractivity (Wildman–Crippen MR) is 133 cm³/mol. The van der Waals surface area contributed by atoms with Crippen LogP contribution in [0.4, 0.5) is 17.1 Å². The van der Waals surface area contributed by atoms with E-state index < -0.39 is 11.4 Å². The van der Waals surface area contributed by atoms with Crippen molar-refractivity contribution in [2.24, 2.45) is 5.73 Å². The summed E-state index contributed by atoms with van der Waals surface area (Å²) in [5, 5.41) is 0.835. The molecule has 0 aliphatic carbocycles. The van der Waals surface area contributed by atoms with Crippen molar-refractivity contribution in [2.45, 2.75) is 38.6 Å². The van der Waals surface area contributed by atoms with Crippen molar-refractivity contribution in [2.75, 3.05) is 9.80 Å². The highest BCUT2D eigenvalue weighted by Gasteiger charge is 2.50. The van der Waals surface area contributed by atoms with E-state index in [-0.39, 0.29) is 46.8 Å². The Kier molecular flexibility index (Phi) is 7.08. The molecule has 0 saturated carbocycles. The molecule has 2 aromatic rings. The van der Waals surface area contributed by atoms with Crippen LogP contribution < -0.4 is 15.5 Å². The van der Waals surface area contributed by atoms with Gasteiger partial charge in [0.2, 0.25) is 11.6 Å². The van der Waals surface area contributed by atoms with Gasteiger partial charge in [0.15, 0.2) is 5.11 Å². The van der Waals surface area contributed by atoms with E-state index >= 15 is 0 Å². The molecule has 0 bridgehead atoms. The van der Waals surface area contributed by atoms with Crippen molar-refractivity contribution in [3.63, 3.8) is 0 Å². The minimum atomic E-state index is -1.04. The number of hydrogen-bond donors (Lipinski definition) is 1. The second-order valence-electron chi connectivity index (χ2n) is 8.02. The first-order valence-corrected chi connectivity index (χ1v) is 11.1. The quantitative estimate of drug-likeness (QED) is 0.432. The molecule has 1 saturated heterocycles. The molecular weight excluding hydrogens is 483 g/mol. The number of rotatable bonds is 7. The smallest absolute Gasteiger partial charge is 0.259 e. The predicted octanol–water partition coefficient (Wildman–Crippen LogP) is 4.84. The van der Waals surface area contributed by atoms with Crippen LogP contribution in [0.2, 0.25) is 10.0 Å². The fourth-order valence-corrected chi connectivity index (χ4v) is 4.50. The average molecular weight is 503 g/mol. The zero-order valence-corrected chi connectivity index (χ0v) is 20.2. The Labute approximate surface area is 206 Å². The Morgan fingerprint density at radius 1 is 1.09 bits per heavy atom. The number of amides is 2. The van der Waals surface area contributed by atoms with E-state index in [4.69, 9.17) is 47.7 Å². The van der Waals surface area contributed by atoms with Crippen molar-refractivity contribution in [1.29, 1.82) is 0 Å². The molecular formula is C23H20Cl2N4O3S. The van der Waals surface area contributed by atoms with E-state index in [0.717, 1.165) is 0 Å². The number of carbonyl (C=O) groups excluding carboxylic acids is 3. The van der Waals surface area contributed by atoms with E-state index in [1.165, 1.54) is 17.0 Å². The summed E-state index contributed by atoms with van der Waals surface area (Å²) in [6, 6.07) is 9.76.